The molecule has 1 saturated heterocycles. The molecule has 0 unspecified atom stereocenters. The van der Waals surface area contributed by atoms with Gasteiger partial charge in [0.05, 0.1) is 17.6 Å². The molecule has 4 rings (SSSR count). The summed E-state index contributed by atoms with van der Waals surface area (Å²) in [6.07, 6.45) is 9.05. The van der Waals surface area contributed by atoms with E-state index < -0.39 is 0 Å². The highest BCUT2D eigenvalue weighted by atomic mass is 32.2. The molecule has 1 aliphatic rings. The van der Waals surface area contributed by atoms with Crippen LogP contribution in [0, 0.1) is 0 Å². The average Bonchev–Trinajstić information content (AvgIpc) is 3.36. The van der Waals surface area contributed by atoms with Crippen LogP contribution in [-0.4, -0.2) is 33.5 Å². The average molecular weight is 398 g/mol. The highest BCUT2D eigenvalue weighted by Gasteiger charge is 2.14. The van der Waals surface area contributed by atoms with Crippen LogP contribution in [0.4, 0.5) is 11.5 Å². The lowest BCUT2D eigenvalue weighted by molar-refractivity contribution is 0.0995. The molecule has 1 amide bonds. The molecule has 1 N–H and O–H groups in total. The van der Waals surface area contributed by atoms with Crippen LogP contribution in [0.3, 0.4) is 0 Å². The third kappa shape index (κ3) is 4.39. The summed E-state index contributed by atoms with van der Waals surface area (Å²) in [6.45, 7) is 2.09. The summed E-state index contributed by atoms with van der Waals surface area (Å²) in [6, 6.07) is 7.36. The Bertz CT molecular complexity index is 928. The molecule has 7 nitrogen and oxygen atoms in total. The minimum atomic E-state index is -0.277. The van der Waals surface area contributed by atoms with E-state index in [1.54, 1.807) is 30.2 Å². The summed E-state index contributed by atoms with van der Waals surface area (Å²) >= 11 is 1.56. The second-order valence-corrected chi connectivity index (χ2v) is 7.72. The Kier molecular flexibility index (Phi) is 5.66. The zero-order valence-electron chi connectivity index (χ0n) is 15.8. The molecule has 0 saturated carbocycles. The zero-order chi connectivity index (χ0) is 19.3. The van der Waals surface area contributed by atoms with Gasteiger partial charge in [0.2, 0.25) is 0 Å². The Morgan fingerprint density at radius 1 is 1.18 bits per heavy atom. The number of carbonyl (C=O) groups is 1. The van der Waals surface area contributed by atoms with E-state index in [9.17, 15) is 4.79 Å². The van der Waals surface area contributed by atoms with E-state index in [0.717, 1.165) is 29.8 Å². The predicted octanol–water partition coefficient (Wildman–Crippen LogP) is 3.94. The summed E-state index contributed by atoms with van der Waals surface area (Å²) in [7, 11) is 1.95. The maximum absolute atomic E-state index is 12.4. The van der Waals surface area contributed by atoms with Crippen LogP contribution in [0.5, 0.6) is 0 Å². The molecule has 8 heteroatoms. The lowest BCUT2D eigenvalue weighted by atomic mass is 10.1. The maximum atomic E-state index is 12.4. The second-order valence-electron chi connectivity index (χ2n) is 6.78. The third-order valence-corrected chi connectivity index (χ3v) is 5.77. The van der Waals surface area contributed by atoms with Crippen molar-refractivity contribution in [3.63, 3.8) is 0 Å². The van der Waals surface area contributed by atoms with Gasteiger partial charge in [-0.15, -0.1) is 0 Å². The Morgan fingerprint density at radius 3 is 2.75 bits per heavy atom. The van der Waals surface area contributed by atoms with E-state index in [0.29, 0.717) is 11.4 Å². The van der Waals surface area contributed by atoms with Gasteiger partial charge in [0.15, 0.2) is 10.9 Å². The molecule has 4 heterocycles. The largest absolute Gasteiger partial charge is 0.455 e. The normalized spacial score (nSPS) is 14.2. The Morgan fingerprint density at radius 2 is 2.04 bits per heavy atom. The number of carbonyl (C=O) groups excluding carboxylic acids is 1. The number of nitrogens with one attached hydrogen (secondary N) is 1. The zero-order valence-corrected chi connectivity index (χ0v) is 16.6. The van der Waals surface area contributed by atoms with Crippen molar-refractivity contribution in [3.05, 3.63) is 54.4 Å². The monoisotopic (exact) mass is 397 g/mol. The molecule has 1 fully saturated rings. The second kappa shape index (κ2) is 8.52. The first-order valence-electron chi connectivity index (χ1n) is 9.40. The molecule has 28 heavy (non-hydrogen) atoms. The van der Waals surface area contributed by atoms with Crippen LogP contribution in [0.15, 0.2) is 52.4 Å². The molecule has 3 aromatic heterocycles. The standard InChI is InChI=1S/C20H23N5O2S/c1-24-12-9-21-20(24)28-14-16-6-7-17(27-16)19(26)23-15-5-8-18(22-13-15)25-10-3-2-4-11-25/h5-9,12-13H,2-4,10-11,14H2,1H3,(H,23,26). The van der Waals surface area contributed by atoms with Gasteiger partial charge in [-0.25, -0.2) is 9.97 Å². The number of pyridine rings is 1. The van der Waals surface area contributed by atoms with Crippen LogP contribution in [0.2, 0.25) is 0 Å². The number of hydrogen-bond acceptors (Lipinski definition) is 6. The van der Waals surface area contributed by atoms with Crippen molar-refractivity contribution in [1.82, 2.24) is 14.5 Å². The van der Waals surface area contributed by atoms with E-state index in [1.165, 1.54) is 19.3 Å². The van der Waals surface area contributed by atoms with Crippen LogP contribution in [0.1, 0.15) is 35.6 Å². The van der Waals surface area contributed by atoms with Gasteiger partial charge in [0.25, 0.3) is 5.91 Å². The molecule has 1 aliphatic heterocycles. The van der Waals surface area contributed by atoms with Crippen molar-refractivity contribution in [2.24, 2.45) is 7.05 Å². The summed E-state index contributed by atoms with van der Waals surface area (Å²) in [5.41, 5.74) is 0.658. The van der Waals surface area contributed by atoms with Gasteiger partial charge in [-0.2, -0.15) is 0 Å². The van der Waals surface area contributed by atoms with Crippen molar-refractivity contribution < 1.29 is 9.21 Å². The SMILES string of the molecule is Cn1ccnc1SCc1ccc(C(=O)Nc2ccc(N3CCCCC3)nc2)o1. The number of anilines is 2. The van der Waals surface area contributed by atoms with Crippen LogP contribution < -0.4 is 10.2 Å². The van der Waals surface area contributed by atoms with Crippen molar-refractivity contribution in [2.45, 2.75) is 30.2 Å². The Labute approximate surface area is 168 Å². The fourth-order valence-corrected chi connectivity index (χ4v) is 3.99. The van der Waals surface area contributed by atoms with Crippen LogP contribution in [-0.2, 0) is 12.8 Å². The number of furan rings is 1. The van der Waals surface area contributed by atoms with Crippen molar-refractivity contribution in [1.29, 1.82) is 0 Å². The highest BCUT2D eigenvalue weighted by Crippen LogP contribution is 2.23. The molecular formula is C20H23N5O2S. The Hall–Kier alpha value is -2.74. The molecule has 0 bridgehead atoms. The number of aromatic nitrogens is 3. The van der Waals surface area contributed by atoms with E-state index >= 15 is 0 Å². The van der Waals surface area contributed by atoms with Gasteiger partial charge in [0.1, 0.15) is 11.6 Å². The molecule has 0 aromatic carbocycles. The van der Waals surface area contributed by atoms with Crippen LogP contribution >= 0.6 is 11.8 Å². The molecule has 146 valence electrons. The smallest absolute Gasteiger partial charge is 0.291 e. The lowest BCUT2D eigenvalue weighted by Gasteiger charge is -2.27. The first-order valence-corrected chi connectivity index (χ1v) is 10.4. The lowest BCUT2D eigenvalue weighted by Crippen LogP contribution is -2.30. The summed E-state index contributed by atoms with van der Waals surface area (Å²) < 4.78 is 7.62. The first-order chi connectivity index (χ1) is 13.7. The minimum Gasteiger partial charge on any atom is -0.455 e. The number of thioether (sulfide) groups is 1. The van der Waals surface area contributed by atoms with E-state index in [-0.39, 0.29) is 11.7 Å². The maximum Gasteiger partial charge on any atom is 0.291 e. The van der Waals surface area contributed by atoms with Gasteiger partial charge in [0, 0.05) is 32.5 Å². The quantitative estimate of drug-likeness (QED) is 0.635. The minimum absolute atomic E-state index is 0.277. The number of hydrogen-bond donors (Lipinski definition) is 1. The number of imidazole rings is 1. The van der Waals surface area contributed by atoms with Gasteiger partial charge in [-0.05, 0) is 43.5 Å². The van der Waals surface area contributed by atoms with Crippen molar-refractivity contribution >= 4 is 29.2 Å². The van der Waals surface area contributed by atoms with Crippen molar-refractivity contribution in [2.75, 3.05) is 23.3 Å². The van der Waals surface area contributed by atoms with E-state index in [4.69, 9.17) is 4.42 Å². The fourth-order valence-electron chi connectivity index (χ4n) is 3.17. The molecular weight excluding hydrogens is 374 g/mol. The number of nitrogens with zero attached hydrogens (tertiary/aromatic N) is 4. The number of amides is 1. The van der Waals surface area contributed by atoms with Crippen molar-refractivity contribution in [3.8, 4) is 0 Å². The first kappa shape index (κ1) is 18.6. The fraction of sp³-hybridized carbons (Fsp3) is 0.350. The Balaban J connectivity index is 1.33. The topological polar surface area (TPSA) is 76.2 Å². The van der Waals surface area contributed by atoms with Gasteiger partial charge in [-0.1, -0.05) is 11.8 Å². The van der Waals surface area contributed by atoms with E-state index in [2.05, 4.69) is 20.2 Å². The summed E-state index contributed by atoms with van der Waals surface area (Å²) in [5, 5.41) is 3.75. The van der Waals surface area contributed by atoms with Gasteiger partial charge < -0.3 is 19.2 Å². The molecule has 0 spiro atoms. The molecule has 0 aliphatic carbocycles. The third-order valence-electron chi connectivity index (χ3n) is 4.69. The predicted molar refractivity (Wildman–Crippen MR) is 110 cm³/mol. The number of aryl methyl sites for hydroxylation is 1. The molecule has 0 atom stereocenters. The number of piperidine rings is 1. The number of rotatable bonds is 6. The van der Waals surface area contributed by atoms with Gasteiger partial charge in [-0.3, -0.25) is 4.79 Å². The highest BCUT2D eigenvalue weighted by molar-refractivity contribution is 7.98. The molecule has 3 aromatic rings. The summed E-state index contributed by atoms with van der Waals surface area (Å²) in [4.78, 5) is 23.5. The van der Waals surface area contributed by atoms with Gasteiger partial charge >= 0.3 is 0 Å². The van der Waals surface area contributed by atoms with E-state index in [1.807, 2.05) is 36.0 Å². The summed E-state index contributed by atoms with van der Waals surface area (Å²) in [5.74, 6) is 2.32. The molecule has 0 radical (unpaired) electrons. The van der Waals surface area contributed by atoms with Crippen LogP contribution in [0.25, 0.3) is 0 Å².